The number of rotatable bonds is 6. The zero-order chi connectivity index (χ0) is 15.3. The molecular formula is C15H16FNO3S. The Hall–Kier alpha value is -1.92. The van der Waals surface area contributed by atoms with Gasteiger partial charge in [-0.2, -0.15) is 0 Å². The average Bonchev–Trinajstić information content (AvgIpc) is 2.43. The van der Waals surface area contributed by atoms with Gasteiger partial charge in [-0.3, -0.25) is 0 Å². The van der Waals surface area contributed by atoms with Crippen LogP contribution in [0.1, 0.15) is 11.1 Å². The van der Waals surface area contributed by atoms with Crippen LogP contribution in [0, 0.1) is 5.82 Å². The summed E-state index contributed by atoms with van der Waals surface area (Å²) in [6.45, 7) is 0.196. The molecule has 2 N–H and O–H groups in total. The third kappa shape index (κ3) is 4.84. The van der Waals surface area contributed by atoms with Crippen LogP contribution < -0.4 is 4.72 Å². The maximum atomic E-state index is 12.8. The summed E-state index contributed by atoms with van der Waals surface area (Å²) in [6, 6.07) is 12.1. The fourth-order valence-corrected chi connectivity index (χ4v) is 3.06. The van der Waals surface area contributed by atoms with E-state index in [1.54, 1.807) is 24.3 Å². The molecule has 0 saturated carbocycles. The first-order valence-corrected chi connectivity index (χ1v) is 8.10. The van der Waals surface area contributed by atoms with Gasteiger partial charge < -0.3 is 5.11 Å². The predicted octanol–water partition coefficient (Wildman–Crippen LogP) is 2.19. The highest BCUT2D eigenvalue weighted by atomic mass is 32.2. The van der Waals surface area contributed by atoms with Crippen molar-refractivity contribution in [1.29, 1.82) is 0 Å². The topological polar surface area (TPSA) is 66.4 Å². The number of phenols is 1. The summed E-state index contributed by atoms with van der Waals surface area (Å²) in [5, 5.41) is 9.59. The molecule has 2 aromatic rings. The van der Waals surface area contributed by atoms with Gasteiger partial charge in [0.1, 0.15) is 11.6 Å². The molecule has 0 aromatic heterocycles. The van der Waals surface area contributed by atoms with Gasteiger partial charge in [0.15, 0.2) is 0 Å². The second-order valence-electron chi connectivity index (χ2n) is 4.66. The third-order valence-corrected chi connectivity index (χ3v) is 4.34. The summed E-state index contributed by atoms with van der Waals surface area (Å²) in [5.41, 5.74) is 1.20. The summed E-state index contributed by atoms with van der Waals surface area (Å²) in [5.74, 6) is -0.451. The number of sulfonamides is 1. The second kappa shape index (κ2) is 6.69. The number of nitrogens with one attached hydrogen (secondary N) is 1. The molecule has 2 aromatic carbocycles. The molecule has 21 heavy (non-hydrogen) atoms. The molecule has 4 nitrogen and oxygen atoms in total. The number of hydrogen-bond acceptors (Lipinski definition) is 3. The van der Waals surface area contributed by atoms with E-state index in [4.69, 9.17) is 0 Å². The van der Waals surface area contributed by atoms with Gasteiger partial charge in [-0.1, -0.05) is 30.3 Å². The van der Waals surface area contributed by atoms with Crippen LogP contribution in [-0.4, -0.2) is 20.1 Å². The maximum Gasteiger partial charge on any atom is 0.215 e. The lowest BCUT2D eigenvalue weighted by Crippen LogP contribution is -2.27. The fraction of sp³-hybridized carbons (Fsp3) is 0.200. The van der Waals surface area contributed by atoms with Crippen LogP contribution in [0.25, 0.3) is 0 Å². The molecule has 0 saturated heterocycles. The van der Waals surface area contributed by atoms with Gasteiger partial charge in [0, 0.05) is 6.54 Å². The lowest BCUT2D eigenvalue weighted by Gasteiger charge is -2.08. The lowest BCUT2D eigenvalue weighted by molar-refractivity contribution is 0.467. The highest BCUT2D eigenvalue weighted by molar-refractivity contribution is 7.88. The van der Waals surface area contributed by atoms with E-state index in [0.29, 0.717) is 17.5 Å². The van der Waals surface area contributed by atoms with Crippen molar-refractivity contribution in [3.63, 3.8) is 0 Å². The Balaban J connectivity index is 1.90. The van der Waals surface area contributed by atoms with E-state index < -0.39 is 15.8 Å². The van der Waals surface area contributed by atoms with Crippen molar-refractivity contribution < 1.29 is 17.9 Å². The van der Waals surface area contributed by atoms with Gasteiger partial charge in [0.2, 0.25) is 10.0 Å². The molecule has 112 valence electrons. The van der Waals surface area contributed by atoms with Crippen LogP contribution >= 0.6 is 0 Å². The van der Waals surface area contributed by atoms with Crippen molar-refractivity contribution in [1.82, 2.24) is 4.72 Å². The van der Waals surface area contributed by atoms with Crippen molar-refractivity contribution >= 4 is 10.0 Å². The Morgan fingerprint density at radius 3 is 2.38 bits per heavy atom. The Morgan fingerprint density at radius 2 is 1.71 bits per heavy atom. The SMILES string of the molecule is O=S(=O)(Cc1ccc(F)cc1)NCCc1ccccc1O. The largest absolute Gasteiger partial charge is 0.508 e. The van der Waals surface area contributed by atoms with E-state index >= 15 is 0 Å². The highest BCUT2D eigenvalue weighted by Crippen LogP contribution is 2.15. The van der Waals surface area contributed by atoms with Gasteiger partial charge >= 0.3 is 0 Å². The number of benzene rings is 2. The Bertz CT molecular complexity index is 699. The lowest BCUT2D eigenvalue weighted by atomic mass is 10.1. The molecule has 0 radical (unpaired) electrons. The van der Waals surface area contributed by atoms with Gasteiger partial charge in [-0.25, -0.2) is 17.5 Å². The summed E-state index contributed by atoms with van der Waals surface area (Å²) in [7, 11) is -3.48. The van der Waals surface area contributed by atoms with Crippen LogP contribution in [-0.2, 0) is 22.2 Å². The van der Waals surface area contributed by atoms with E-state index in [0.717, 1.165) is 0 Å². The van der Waals surface area contributed by atoms with Crippen LogP contribution in [0.5, 0.6) is 5.75 Å². The van der Waals surface area contributed by atoms with Crippen molar-refractivity contribution in [2.45, 2.75) is 12.2 Å². The van der Waals surface area contributed by atoms with Crippen molar-refractivity contribution in [3.8, 4) is 5.75 Å². The summed E-state index contributed by atoms with van der Waals surface area (Å²) >= 11 is 0. The number of aromatic hydroxyl groups is 1. The molecule has 0 bridgehead atoms. The normalized spacial score (nSPS) is 11.5. The Morgan fingerprint density at radius 1 is 1.05 bits per heavy atom. The number of para-hydroxylation sites is 1. The van der Waals surface area contributed by atoms with E-state index in [9.17, 15) is 17.9 Å². The van der Waals surface area contributed by atoms with E-state index in [1.807, 2.05) is 0 Å². The number of hydrogen-bond donors (Lipinski definition) is 2. The van der Waals surface area contributed by atoms with Crippen molar-refractivity contribution in [2.24, 2.45) is 0 Å². The smallest absolute Gasteiger partial charge is 0.215 e. The Kier molecular flexibility index (Phi) is 4.93. The minimum Gasteiger partial charge on any atom is -0.508 e. The summed E-state index contributed by atoms with van der Waals surface area (Å²) < 4.78 is 39.0. The molecule has 0 aliphatic carbocycles. The summed E-state index contributed by atoms with van der Waals surface area (Å²) in [4.78, 5) is 0. The average molecular weight is 309 g/mol. The van der Waals surface area contributed by atoms with Crippen LogP contribution in [0.15, 0.2) is 48.5 Å². The zero-order valence-corrected chi connectivity index (χ0v) is 12.1. The van der Waals surface area contributed by atoms with Crippen molar-refractivity contribution in [2.75, 3.05) is 6.54 Å². The predicted molar refractivity (Wildman–Crippen MR) is 78.8 cm³/mol. The minimum atomic E-state index is -3.48. The monoisotopic (exact) mass is 309 g/mol. The van der Waals surface area contributed by atoms with Gasteiger partial charge in [-0.05, 0) is 35.7 Å². The van der Waals surface area contributed by atoms with Crippen LogP contribution in [0.3, 0.4) is 0 Å². The quantitative estimate of drug-likeness (QED) is 0.859. The van der Waals surface area contributed by atoms with E-state index in [2.05, 4.69) is 4.72 Å². The summed E-state index contributed by atoms with van der Waals surface area (Å²) in [6.07, 6.45) is 0.398. The fourth-order valence-electron chi connectivity index (χ4n) is 1.91. The molecule has 0 fully saturated rings. The van der Waals surface area contributed by atoms with Crippen molar-refractivity contribution in [3.05, 3.63) is 65.5 Å². The van der Waals surface area contributed by atoms with Crippen LogP contribution in [0.2, 0.25) is 0 Å². The van der Waals surface area contributed by atoms with Gasteiger partial charge in [0.25, 0.3) is 0 Å². The van der Waals surface area contributed by atoms with Gasteiger partial charge in [-0.15, -0.1) is 0 Å². The first-order chi connectivity index (χ1) is 9.96. The molecule has 2 rings (SSSR count). The highest BCUT2D eigenvalue weighted by Gasteiger charge is 2.11. The minimum absolute atomic E-state index is 0.148. The molecule has 0 spiro atoms. The molecule has 0 unspecified atom stereocenters. The molecule has 6 heteroatoms. The third-order valence-electron chi connectivity index (χ3n) is 2.98. The Labute approximate surface area is 123 Å². The second-order valence-corrected chi connectivity index (χ2v) is 6.47. The van der Waals surface area contributed by atoms with E-state index in [1.165, 1.54) is 24.3 Å². The first-order valence-electron chi connectivity index (χ1n) is 6.45. The first kappa shape index (κ1) is 15.5. The molecular weight excluding hydrogens is 293 g/mol. The van der Waals surface area contributed by atoms with Gasteiger partial charge in [0.05, 0.1) is 5.75 Å². The number of halogens is 1. The zero-order valence-electron chi connectivity index (χ0n) is 11.3. The number of phenolic OH excluding ortho intramolecular Hbond substituents is 1. The maximum absolute atomic E-state index is 12.8. The molecule has 0 aliphatic heterocycles. The molecule has 0 heterocycles. The van der Waals surface area contributed by atoms with E-state index in [-0.39, 0.29) is 18.0 Å². The molecule has 0 atom stereocenters. The van der Waals surface area contributed by atoms with Crippen LogP contribution in [0.4, 0.5) is 4.39 Å². The molecule has 0 aliphatic rings. The standard InChI is InChI=1S/C15H16FNO3S/c16-14-7-5-12(6-8-14)11-21(19,20)17-10-9-13-3-1-2-4-15(13)18/h1-8,17-18H,9-11H2. The molecule has 0 amide bonds.